The molecule has 1 amide bonds. The summed E-state index contributed by atoms with van der Waals surface area (Å²) in [5.41, 5.74) is 3.36. The molecule has 0 aliphatic carbocycles. The number of fused-ring (bicyclic) bond motifs is 3. The summed E-state index contributed by atoms with van der Waals surface area (Å²) in [7, 11) is 0. The Morgan fingerprint density at radius 1 is 1.42 bits per heavy atom. The molecule has 5 nitrogen and oxygen atoms in total. The highest BCUT2D eigenvalue weighted by Gasteiger charge is 2.24. The lowest BCUT2D eigenvalue weighted by atomic mass is 10.0. The molecular formula is C18H19ClN4O. The normalized spacial score (nSPS) is 14.2. The first kappa shape index (κ1) is 15.3. The van der Waals surface area contributed by atoms with Gasteiger partial charge in [-0.05, 0) is 6.07 Å². The molecule has 1 aliphatic heterocycles. The molecule has 1 aromatic carbocycles. The maximum absolute atomic E-state index is 12.7. The van der Waals surface area contributed by atoms with Crippen molar-refractivity contribution in [3.63, 3.8) is 0 Å². The number of benzene rings is 1. The third-order valence-electron chi connectivity index (χ3n) is 4.74. The van der Waals surface area contributed by atoms with E-state index in [0.29, 0.717) is 13.1 Å². The molecule has 24 heavy (non-hydrogen) atoms. The molecule has 0 unspecified atom stereocenters. The zero-order valence-electron chi connectivity index (χ0n) is 13.6. The number of rotatable bonds is 3. The quantitative estimate of drug-likeness (QED) is 0.795. The monoisotopic (exact) mass is 342 g/mol. The van der Waals surface area contributed by atoms with E-state index in [2.05, 4.69) is 16.0 Å². The molecule has 2 aromatic heterocycles. The van der Waals surface area contributed by atoms with Crippen LogP contribution < -0.4 is 0 Å². The number of amides is 1. The van der Waals surface area contributed by atoms with Crippen molar-refractivity contribution in [2.24, 2.45) is 0 Å². The fourth-order valence-electron chi connectivity index (χ4n) is 3.46. The summed E-state index contributed by atoms with van der Waals surface area (Å²) < 4.78 is 1.93. The minimum atomic E-state index is 0.129. The first-order valence-corrected chi connectivity index (χ1v) is 8.61. The summed E-state index contributed by atoms with van der Waals surface area (Å²) in [4.78, 5) is 22.3. The molecule has 0 saturated heterocycles. The van der Waals surface area contributed by atoms with Gasteiger partial charge in [-0.3, -0.25) is 4.79 Å². The van der Waals surface area contributed by atoms with Crippen molar-refractivity contribution in [3.05, 3.63) is 52.7 Å². The smallest absolute Gasteiger partial charge is 0.242 e. The lowest BCUT2D eigenvalue weighted by Gasteiger charge is -2.27. The van der Waals surface area contributed by atoms with Gasteiger partial charge in [0.05, 0.1) is 10.5 Å². The number of aromatic amines is 1. The molecular weight excluding hydrogens is 324 g/mol. The lowest BCUT2D eigenvalue weighted by Crippen LogP contribution is -2.38. The average molecular weight is 343 g/mol. The largest absolute Gasteiger partial charge is 0.357 e. The number of carbonyl (C=O) groups excluding carboxylic acids is 1. The van der Waals surface area contributed by atoms with Crippen molar-refractivity contribution in [1.82, 2.24) is 19.4 Å². The van der Waals surface area contributed by atoms with Crippen molar-refractivity contribution in [2.45, 2.75) is 32.9 Å². The minimum Gasteiger partial charge on any atom is -0.357 e. The van der Waals surface area contributed by atoms with Gasteiger partial charge in [0.15, 0.2) is 0 Å². The third-order valence-corrected chi connectivity index (χ3v) is 5.05. The predicted octanol–water partition coefficient (Wildman–Crippen LogP) is 3.17. The summed E-state index contributed by atoms with van der Waals surface area (Å²) in [5.74, 6) is 1.07. The number of aryl methyl sites for hydroxylation is 1. The number of carbonyl (C=O) groups is 1. The molecule has 0 spiro atoms. The molecule has 0 atom stereocenters. The van der Waals surface area contributed by atoms with Crippen LogP contribution in [0.2, 0.25) is 5.02 Å². The number of imidazole rings is 1. The zero-order valence-corrected chi connectivity index (χ0v) is 14.3. The molecule has 6 heteroatoms. The van der Waals surface area contributed by atoms with Crippen LogP contribution in [-0.2, 0) is 30.7 Å². The Labute approximate surface area is 145 Å². The highest BCUT2D eigenvalue weighted by molar-refractivity contribution is 6.35. The van der Waals surface area contributed by atoms with Gasteiger partial charge >= 0.3 is 0 Å². The Balaban J connectivity index is 1.59. The maximum Gasteiger partial charge on any atom is 0.242 e. The van der Waals surface area contributed by atoms with Crippen LogP contribution in [0.15, 0.2) is 30.6 Å². The molecule has 4 rings (SSSR count). The number of nitrogens with zero attached hydrogens (tertiary/aromatic N) is 3. The van der Waals surface area contributed by atoms with E-state index < -0.39 is 0 Å². The van der Waals surface area contributed by atoms with Crippen LogP contribution >= 0.6 is 11.6 Å². The van der Waals surface area contributed by atoms with E-state index in [1.807, 2.05) is 34.7 Å². The summed E-state index contributed by atoms with van der Waals surface area (Å²) in [6.07, 6.45) is 5.28. The van der Waals surface area contributed by atoms with Crippen LogP contribution in [0.3, 0.4) is 0 Å². The number of hydrogen-bond donors (Lipinski definition) is 1. The molecule has 3 aromatic rings. The summed E-state index contributed by atoms with van der Waals surface area (Å²) in [6.45, 7) is 3.75. The highest BCUT2D eigenvalue weighted by Crippen LogP contribution is 2.31. The highest BCUT2D eigenvalue weighted by atomic mass is 35.5. The summed E-state index contributed by atoms with van der Waals surface area (Å²) >= 11 is 6.28. The van der Waals surface area contributed by atoms with E-state index in [-0.39, 0.29) is 5.91 Å². The van der Waals surface area contributed by atoms with Crippen LogP contribution in [0.25, 0.3) is 10.9 Å². The van der Waals surface area contributed by atoms with E-state index in [1.54, 1.807) is 6.20 Å². The van der Waals surface area contributed by atoms with E-state index in [1.165, 1.54) is 11.3 Å². The van der Waals surface area contributed by atoms with Gasteiger partial charge in [-0.25, -0.2) is 4.98 Å². The van der Waals surface area contributed by atoms with E-state index >= 15 is 0 Å². The Morgan fingerprint density at radius 3 is 3.12 bits per heavy atom. The number of H-pyrrole nitrogens is 1. The molecule has 0 fully saturated rings. The number of nitrogens with one attached hydrogen (secondary N) is 1. The molecule has 0 bridgehead atoms. The minimum absolute atomic E-state index is 0.129. The van der Waals surface area contributed by atoms with Crippen LogP contribution in [0.1, 0.15) is 24.0 Å². The molecule has 0 saturated carbocycles. The number of hydrogen-bond acceptors (Lipinski definition) is 2. The maximum atomic E-state index is 12.7. The molecule has 124 valence electrons. The Hall–Kier alpha value is -2.27. The predicted molar refractivity (Wildman–Crippen MR) is 94.0 cm³/mol. The van der Waals surface area contributed by atoms with Gasteiger partial charge in [0.1, 0.15) is 12.4 Å². The Kier molecular flexibility index (Phi) is 3.81. The number of aromatic nitrogens is 3. The second-order valence-corrected chi connectivity index (χ2v) is 6.54. The van der Waals surface area contributed by atoms with E-state index in [9.17, 15) is 4.79 Å². The fourth-order valence-corrected chi connectivity index (χ4v) is 3.68. The SMILES string of the molecule is CCc1nccn1CC(=O)N1CCc2[nH]c3c(Cl)cccc3c2C1. The van der Waals surface area contributed by atoms with Gasteiger partial charge in [0.25, 0.3) is 0 Å². The van der Waals surface area contributed by atoms with Crippen molar-refractivity contribution >= 4 is 28.4 Å². The first-order valence-electron chi connectivity index (χ1n) is 8.23. The second kappa shape index (κ2) is 5.98. The number of halogens is 1. The van der Waals surface area contributed by atoms with Crippen molar-refractivity contribution < 1.29 is 4.79 Å². The first-order chi connectivity index (χ1) is 11.7. The standard InChI is InChI=1S/C18H19ClN4O/c1-2-16-20-7-9-22(16)11-17(24)23-8-6-15-13(10-23)12-4-3-5-14(19)18(12)21-15/h3-5,7,9,21H,2,6,8,10-11H2,1H3. The Morgan fingerprint density at radius 2 is 2.29 bits per heavy atom. The number of para-hydroxylation sites is 1. The van der Waals surface area contributed by atoms with Gasteiger partial charge in [-0.1, -0.05) is 30.7 Å². The summed E-state index contributed by atoms with van der Waals surface area (Å²) in [6, 6.07) is 5.91. The zero-order chi connectivity index (χ0) is 16.7. The van der Waals surface area contributed by atoms with Crippen LogP contribution in [-0.4, -0.2) is 31.9 Å². The van der Waals surface area contributed by atoms with Crippen molar-refractivity contribution in [3.8, 4) is 0 Å². The average Bonchev–Trinajstić information content (AvgIpc) is 3.19. The van der Waals surface area contributed by atoms with Gasteiger partial charge in [-0.15, -0.1) is 0 Å². The van der Waals surface area contributed by atoms with Crippen molar-refractivity contribution in [1.29, 1.82) is 0 Å². The van der Waals surface area contributed by atoms with Crippen molar-refractivity contribution in [2.75, 3.05) is 6.54 Å². The van der Waals surface area contributed by atoms with Crippen LogP contribution in [0.4, 0.5) is 0 Å². The second-order valence-electron chi connectivity index (χ2n) is 6.13. The topological polar surface area (TPSA) is 53.9 Å². The van der Waals surface area contributed by atoms with Gasteiger partial charge < -0.3 is 14.5 Å². The lowest BCUT2D eigenvalue weighted by molar-refractivity contribution is -0.132. The molecule has 3 heterocycles. The van der Waals surface area contributed by atoms with E-state index in [4.69, 9.17) is 11.6 Å². The third kappa shape index (κ3) is 2.49. The molecule has 0 radical (unpaired) electrons. The summed E-state index contributed by atoms with van der Waals surface area (Å²) in [5, 5.41) is 1.85. The Bertz CT molecular complexity index is 911. The van der Waals surface area contributed by atoms with Gasteiger partial charge in [0.2, 0.25) is 5.91 Å². The van der Waals surface area contributed by atoms with Gasteiger partial charge in [-0.2, -0.15) is 0 Å². The fraction of sp³-hybridized carbons (Fsp3) is 0.333. The van der Waals surface area contributed by atoms with Gasteiger partial charge in [0, 0.05) is 55.0 Å². The van der Waals surface area contributed by atoms with Crippen LogP contribution in [0.5, 0.6) is 0 Å². The molecule has 1 N–H and O–H groups in total. The molecule has 1 aliphatic rings. The van der Waals surface area contributed by atoms with E-state index in [0.717, 1.165) is 41.1 Å². The van der Waals surface area contributed by atoms with Crippen LogP contribution in [0, 0.1) is 0 Å².